The number of fused-ring (bicyclic) bond motifs is 4. The SMILES string of the molecule is CCCN1C(=O)[C@@H]2CC[C@H]1CN(C(=O)Nc1cccc(SC)c1)C2. The monoisotopic (exact) mass is 347 g/mol. The zero-order chi connectivity index (χ0) is 17.1. The lowest BCUT2D eigenvalue weighted by molar-refractivity contribution is -0.139. The summed E-state index contributed by atoms with van der Waals surface area (Å²) in [6.45, 7) is 4.06. The summed E-state index contributed by atoms with van der Waals surface area (Å²) in [6, 6.07) is 7.91. The molecule has 1 N–H and O–H groups in total. The third-order valence-corrected chi connectivity index (χ3v) is 5.59. The van der Waals surface area contributed by atoms with Gasteiger partial charge in [-0.3, -0.25) is 4.79 Å². The molecule has 3 amide bonds. The Kier molecular flexibility index (Phi) is 5.33. The number of nitrogens with zero attached hydrogens (tertiary/aromatic N) is 2. The second-order valence-corrected chi connectivity index (χ2v) is 7.41. The predicted molar refractivity (Wildman–Crippen MR) is 97.3 cm³/mol. The normalized spacial score (nSPS) is 23.3. The minimum atomic E-state index is -0.101. The van der Waals surface area contributed by atoms with Crippen molar-refractivity contribution in [1.82, 2.24) is 9.80 Å². The molecule has 0 radical (unpaired) electrons. The van der Waals surface area contributed by atoms with Gasteiger partial charge in [-0.2, -0.15) is 0 Å². The minimum Gasteiger partial charge on any atom is -0.338 e. The number of carbonyl (C=O) groups excluding carboxylic acids is 2. The molecular weight excluding hydrogens is 322 g/mol. The summed E-state index contributed by atoms with van der Waals surface area (Å²) in [5.41, 5.74) is 0.806. The standard InChI is InChI=1S/C18H25N3O2S/c1-3-9-21-15-8-7-13(17(21)22)11-20(12-15)18(23)19-14-5-4-6-16(10-14)24-2/h4-6,10,13,15H,3,7-9,11-12H2,1-2H3,(H,19,23)/t13-,15+/m1/s1. The second kappa shape index (κ2) is 7.47. The molecule has 4 rings (SSSR count). The minimum absolute atomic E-state index is 0.0430. The zero-order valence-electron chi connectivity index (χ0n) is 14.3. The molecule has 5 nitrogen and oxygen atoms in total. The number of hydrogen-bond acceptors (Lipinski definition) is 3. The fourth-order valence-electron chi connectivity index (χ4n) is 3.64. The largest absolute Gasteiger partial charge is 0.338 e. The fraction of sp³-hybridized carbons (Fsp3) is 0.556. The van der Waals surface area contributed by atoms with Gasteiger partial charge in [0, 0.05) is 36.3 Å². The van der Waals surface area contributed by atoms with E-state index in [1.54, 1.807) is 11.8 Å². The smallest absolute Gasteiger partial charge is 0.321 e. The summed E-state index contributed by atoms with van der Waals surface area (Å²) in [6.07, 6.45) is 4.88. The van der Waals surface area contributed by atoms with Crippen molar-refractivity contribution < 1.29 is 9.59 Å². The third-order valence-electron chi connectivity index (χ3n) is 4.87. The number of thioether (sulfide) groups is 1. The van der Waals surface area contributed by atoms with E-state index in [1.165, 1.54) is 0 Å². The molecular formula is C18H25N3O2S. The molecule has 3 aliphatic rings. The highest BCUT2D eigenvalue weighted by Gasteiger charge is 2.41. The van der Waals surface area contributed by atoms with Crippen LogP contribution in [0.2, 0.25) is 0 Å². The van der Waals surface area contributed by atoms with Crippen LogP contribution in [0.1, 0.15) is 26.2 Å². The summed E-state index contributed by atoms with van der Waals surface area (Å²) in [7, 11) is 0. The number of benzene rings is 1. The molecule has 1 aromatic carbocycles. The lowest BCUT2D eigenvalue weighted by Gasteiger charge is -2.35. The molecule has 2 atom stereocenters. The van der Waals surface area contributed by atoms with Crippen LogP contribution in [-0.4, -0.2) is 53.7 Å². The molecule has 0 spiro atoms. The van der Waals surface area contributed by atoms with Crippen LogP contribution in [0, 0.1) is 5.92 Å². The van der Waals surface area contributed by atoms with E-state index in [0.29, 0.717) is 13.1 Å². The van der Waals surface area contributed by atoms with E-state index >= 15 is 0 Å². The van der Waals surface area contributed by atoms with Gasteiger partial charge < -0.3 is 15.1 Å². The first-order chi connectivity index (χ1) is 11.6. The maximum Gasteiger partial charge on any atom is 0.321 e. The van der Waals surface area contributed by atoms with Gasteiger partial charge >= 0.3 is 6.03 Å². The van der Waals surface area contributed by atoms with Crippen LogP contribution in [0.5, 0.6) is 0 Å². The van der Waals surface area contributed by atoms with Crippen LogP contribution in [0.3, 0.4) is 0 Å². The summed E-state index contributed by atoms with van der Waals surface area (Å²) in [5, 5.41) is 2.99. The number of nitrogens with one attached hydrogen (secondary N) is 1. The first-order valence-electron chi connectivity index (χ1n) is 8.62. The van der Waals surface area contributed by atoms with Gasteiger partial charge in [-0.15, -0.1) is 11.8 Å². The predicted octanol–water partition coefficient (Wildman–Crippen LogP) is 3.27. The number of piperidine rings is 1. The van der Waals surface area contributed by atoms with E-state index < -0.39 is 0 Å². The molecule has 2 bridgehead atoms. The van der Waals surface area contributed by atoms with Gasteiger partial charge in [-0.25, -0.2) is 4.79 Å². The van der Waals surface area contributed by atoms with Crippen molar-refractivity contribution in [1.29, 1.82) is 0 Å². The maximum absolute atomic E-state index is 12.7. The summed E-state index contributed by atoms with van der Waals surface area (Å²) >= 11 is 1.65. The number of anilines is 1. The van der Waals surface area contributed by atoms with Crippen LogP contribution in [0.25, 0.3) is 0 Å². The van der Waals surface area contributed by atoms with Gasteiger partial charge in [-0.05, 0) is 43.7 Å². The van der Waals surface area contributed by atoms with Gasteiger partial charge in [0.15, 0.2) is 0 Å². The van der Waals surface area contributed by atoms with Crippen LogP contribution in [0.4, 0.5) is 10.5 Å². The van der Waals surface area contributed by atoms with Gasteiger partial charge in [0.1, 0.15) is 0 Å². The van der Waals surface area contributed by atoms with Crippen molar-refractivity contribution in [3.05, 3.63) is 24.3 Å². The Morgan fingerprint density at radius 1 is 1.33 bits per heavy atom. The summed E-state index contributed by atoms with van der Waals surface area (Å²) < 4.78 is 0. The quantitative estimate of drug-likeness (QED) is 0.851. The Morgan fingerprint density at radius 3 is 2.92 bits per heavy atom. The van der Waals surface area contributed by atoms with Gasteiger partial charge in [0.25, 0.3) is 0 Å². The van der Waals surface area contributed by atoms with Crippen LogP contribution >= 0.6 is 11.8 Å². The molecule has 6 heteroatoms. The molecule has 1 aromatic rings. The first kappa shape index (κ1) is 17.1. The average molecular weight is 347 g/mol. The molecule has 3 aliphatic heterocycles. The first-order valence-corrected chi connectivity index (χ1v) is 9.85. The highest BCUT2D eigenvalue weighted by molar-refractivity contribution is 7.98. The topological polar surface area (TPSA) is 52.7 Å². The Hall–Kier alpha value is -1.69. The van der Waals surface area contributed by atoms with E-state index in [2.05, 4.69) is 12.2 Å². The maximum atomic E-state index is 12.7. The van der Waals surface area contributed by atoms with Crippen LogP contribution in [0.15, 0.2) is 29.2 Å². The fourth-order valence-corrected chi connectivity index (χ4v) is 4.10. The Morgan fingerprint density at radius 2 is 2.17 bits per heavy atom. The summed E-state index contributed by atoms with van der Waals surface area (Å²) in [4.78, 5) is 30.2. The van der Waals surface area contributed by atoms with Crippen molar-refractivity contribution >= 4 is 29.4 Å². The molecule has 3 saturated heterocycles. The molecule has 0 aromatic heterocycles. The highest BCUT2D eigenvalue weighted by atomic mass is 32.2. The third kappa shape index (κ3) is 3.53. The number of amides is 3. The zero-order valence-corrected chi connectivity index (χ0v) is 15.1. The summed E-state index contributed by atoms with van der Waals surface area (Å²) in [5.74, 6) is 0.186. The van der Waals surface area contributed by atoms with Crippen molar-refractivity contribution in [2.24, 2.45) is 5.92 Å². The van der Waals surface area contributed by atoms with E-state index in [1.807, 2.05) is 40.3 Å². The van der Waals surface area contributed by atoms with Crippen molar-refractivity contribution in [2.45, 2.75) is 37.1 Å². The second-order valence-electron chi connectivity index (χ2n) is 6.53. The van der Waals surface area contributed by atoms with E-state index in [0.717, 1.165) is 36.4 Å². The Bertz CT molecular complexity index is 622. The Labute approximate surface area is 147 Å². The molecule has 3 fully saturated rings. The lowest BCUT2D eigenvalue weighted by Crippen LogP contribution is -2.48. The van der Waals surface area contributed by atoms with Crippen molar-refractivity contribution in [2.75, 3.05) is 31.2 Å². The van der Waals surface area contributed by atoms with E-state index in [-0.39, 0.29) is 23.9 Å². The van der Waals surface area contributed by atoms with Gasteiger partial charge in [-0.1, -0.05) is 13.0 Å². The number of rotatable bonds is 4. The number of hydrogen-bond donors (Lipinski definition) is 1. The molecule has 0 aliphatic carbocycles. The average Bonchev–Trinajstić information content (AvgIpc) is 2.88. The van der Waals surface area contributed by atoms with Crippen LogP contribution in [-0.2, 0) is 4.79 Å². The molecule has 0 saturated carbocycles. The van der Waals surface area contributed by atoms with Crippen molar-refractivity contribution in [3.8, 4) is 0 Å². The Balaban J connectivity index is 1.71. The van der Waals surface area contributed by atoms with Gasteiger partial charge in [0.05, 0.1) is 5.92 Å². The van der Waals surface area contributed by atoms with E-state index in [4.69, 9.17) is 0 Å². The number of urea groups is 1. The van der Waals surface area contributed by atoms with E-state index in [9.17, 15) is 9.59 Å². The molecule has 24 heavy (non-hydrogen) atoms. The van der Waals surface area contributed by atoms with Crippen LogP contribution < -0.4 is 5.32 Å². The van der Waals surface area contributed by atoms with Crippen molar-refractivity contribution in [3.63, 3.8) is 0 Å². The molecule has 3 heterocycles. The van der Waals surface area contributed by atoms with Gasteiger partial charge in [0.2, 0.25) is 5.91 Å². The molecule has 0 unspecified atom stereocenters. The molecule has 130 valence electrons. The lowest BCUT2D eigenvalue weighted by atomic mass is 9.94. The number of carbonyl (C=O) groups is 2. The highest BCUT2D eigenvalue weighted by Crippen LogP contribution is 2.29.